The number of ether oxygens (including phenoxy) is 1. The smallest absolute Gasteiger partial charge is 0.343 e. The molecular weight excluding hydrogens is 371 g/mol. The summed E-state index contributed by atoms with van der Waals surface area (Å²) in [4.78, 5) is 32.3. The van der Waals surface area contributed by atoms with E-state index in [1.807, 2.05) is 6.92 Å². The van der Waals surface area contributed by atoms with Gasteiger partial charge in [-0.3, -0.25) is 4.79 Å². The number of nitrogens with two attached hydrogens (primary N) is 1. The van der Waals surface area contributed by atoms with Crippen LogP contribution in [0.4, 0.5) is 10.2 Å². The second-order valence-corrected chi connectivity index (χ2v) is 6.70. The molecule has 0 aliphatic rings. The zero-order valence-corrected chi connectivity index (χ0v) is 15.9. The highest BCUT2D eigenvalue weighted by atomic mass is 32.2. The van der Waals surface area contributed by atoms with Crippen molar-refractivity contribution < 1.29 is 18.7 Å². The van der Waals surface area contributed by atoms with E-state index in [2.05, 4.69) is 15.3 Å². The number of anilines is 1. The fourth-order valence-corrected chi connectivity index (χ4v) is 3.03. The molecule has 0 spiro atoms. The molecule has 1 heterocycles. The van der Waals surface area contributed by atoms with Gasteiger partial charge < -0.3 is 15.8 Å². The molecule has 0 aliphatic carbocycles. The van der Waals surface area contributed by atoms with Crippen molar-refractivity contribution >= 4 is 29.5 Å². The highest BCUT2D eigenvalue weighted by Gasteiger charge is 2.21. The first-order chi connectivity index (χ1) is 12.9. The number of benzene rings is 1. The van der Waals surface area contributed by atoms with Crippen LogP contribution < -0.4 is 11.1 Å². The third kappa shape index (κ3) is 5.92. The molecule has 1 aromatic heterocycles. The maximum atomic E-state index is 12.9. The average Bonchev–Trinajstić information content (AvgIpc) is 2.65. The SMILES string of the molecule is CCOC(=O)c1cnc(SC(CC)C(=O)NCc2ccc(F)cc2)nc1N. The van der Waals surface area contributed by atoms with E-state index in [1.165, 1.54) is 18.3 Å². The number of esters is 1. The van der Waals surface area contributed by atoms with E-state index in [9.17, 15) is 14.0 Å². The summed E-state index contributed by atoms with van der Waals surface area (Å²) >= 11 is 1.16. The number of amides is 1. The Morgan fingerprint density at radius 2 is 2.00 bits per heavy atom. The molecule has 1 amide bonds. The van der Waals surface area contributed by atoms with Gasteiger partial charge in [-0.05, 0) is 31.0 Å². The fraction of sp³-hybridized carbons (Fsp3) is 0.333. The summed E-state index contributed by atoms with van der Waals surface area (Å²) in [6.07, 6.45) is 1.84. The minimum absolute atomic E-state index is 0.00697. The Kier molecular flexibility index (Phi) is 7.54. The normalized spacial score (nSPS) is 11.7. The summed E-state index contributed by atoms with van der Waals surface area (Å²) in [6.45, 7) is 4.07. The highest BCUT2D eigenvalue weighted by Crippen LogP contribution is 2.24. The highest BCUT2D eigenvalue weighted by molar-refractivity contribution is 8.00. The molecule has 0 saturated heterocycles. The molecule has 0 saturated carbocycles. The van der Waals surface area contributed by atoms with Crippen LogP contribution in [0.1, 0.15) is 36.2 Å². The lowest BCUT2D eigenvalue weighted by atomic mass is 10.2. The van der Waals surface area contributed by atoms with Gasteiger partial charge in [0.25, 0.3) is 0 Å². The molecule has 3 N–H and O–H groups in total. The number of thioether (sulfide) groups is 1. The molecule has 1 unspecified atom stereocenters. The first-order valence-electron chi connectivity index (χ1n) is 8.43. The quantitative estimate of drug-likeness (QED) is 0.404. The Bertz CT molecular complexity index is 802. The van der Waals surface area contributed by atoms with Crippen molar-refractivity contribution in [1.29, 1.82) is 0 Å². The number of aromatic nitrogens is 2. The lowest BCUT2D eigenvalue weighted by Gasteiger charge is -2.14. The Morgan fingerprint density at radius 3 is 2.59 bits per heavy atom. The van der Waals surface area contributed by atoms with E-state index in [0.717, 1.165) is 17.3 Å². The number of hydrogen-bond acceptors (Lipinski definition) is 7. The van der Waals surface area contributed by atoms with Crippen LogP contribution in [0.3, 0.4) is 0 Å². The number of hydrogen-bond donors (Lipinski definition) is 2. The van der Waals surface area contributed by atoms with Gasteiger partial charge in [0.2, 0.25) is 5.91 Å². The summed E-state index contributed by atoms with van der Waals surface area (Å²) < 4.78 is 17.8. The van der Waals surface area contributed by atoms with Gasteiger partial charge in [-0.25, -0.2) is 19.2 Å². The summed E-state index contributed by atoms with van der Waals surface area (Å²) in [5.74, 6) is -1.10. The Labute approximate surface area is 160 Å². The van der Waals surface area contributed by atoms with Crippen molar-refractivity contribution in [3.63, 3.8) is 0 Å². The van der Waals surface area contributed by atoms with Crippen LogP contribution in [0.2, 0.25) is 0 Å². The van der Waals surface area contributed by atoms with E-state index >= 15 is 0 Å². The Hall–Kier alpha value is -2.68. The van der Waals surface area contributed by atoms with E-state index < -0.39 is 11.2 Å². The lowest BCUT2D eigenvalue weighted by Crippen LogP contribution is -2.32. The minimum Gasteiger partial charge on any atom is -0.462 e. The lowest BCUT2D eigenvalue weighted by molar-refractivity contribution is -0.120. The predicted octanol–water partition coefficient (Wildman–Crippen LogP) is 2.56. The standard InChI is InChI=1S/C18H21FN4O3S/c1-3-14(16(24)21-9-11-5-7-12(19)8-6-11)27-18-22-10-13(15(20)23-18)17(25)26-4-2/h5-8,10,14H,3-4,9H2,1-2H3,(H,21,24)(H2,20,22,23). The van der Waals surface area contributed by atoms with Crippen LogP contribution in [0.15, 0.2) is 35.6 Å². The number of carbonyl (C=O) groups excluding carboxylic acids is 2. The minimum atomic E-state index is -0.587. The van der Waals surface area contributed by atoms with E-state index in [0.29, 0.717) is 18.1 Å². The second kappa shape index (κ2) is 9.86. The van der Waals surface area contributed by atoms with Gasteiger partial charge in [0.05, 0.1) is 11.9 Å². The Morgan fingerprint density at radius 1 is 1.30 bits per heavy atom. The third-order valence-electron chi connectivity index (χ3n) is 3.58. The second-order valence-electron chi connectivity index (χ2n) is 5.53. The molecule has 27 heavy (non-hydrogen) atoms. The monoisotopic (exact) mass is 392 g/mol. The van der Waals surface area contributed by atoms with Gasteiger partial charge in [-0.1, -0.05) is 30.8 Å². The molecule has 0 fully saturated rings. The largest absolute Gasteiger partial charge is 0.462 e. The summed E-state index contributed by atoms with van der Waals surface area (Å²) in [5.41, 5.74) is 6.68. The molecule has 7 nitrogen and oxygen atoms in total. The van der Waals surface area contributed by atoms with Gasteiger partial charge in [0, 0.05) is 12.7 Å². The number of nitrogens with zero attached hydrogens (tertiary/aromatic N) is 2. The zero-order valence-electron chi connectivity index (χ0n) is 15.1. The van der Waals surface area contributed by atoms with E-state index in [4.69, 9.17) is 10.5 Å². The van der Waals surface area contributed by atoms with Crippen molar-refractivity contribution in [3.8, 4) is 0 Å². The molecular formula is C18H21FN4O3S. The van der Waals surface area contributed by atoms with Gasteiger partial charge in [0.15, 0.2) is 5.16 Å². The van der Waals surface area contributed by atoms with Crippen LogP contribution in [0.5, 0.6) is 0 Å². The van der Waals surface area contributed by atoms with Crippen molar-refractivity contribution in [2.45, 2.75) is 37.2 Å². The molecule has 0 radical (unpaired) electrons. The average molecular weight is 392 g/mol. The van der Waals surface area contributed by atoms with Crippen molar-refractivity contribution in [2.75, 3.05) is 12.3 Å². The molecule has 1 aromatic carbocycles. The van der Waals surface area contributed by atoms with Crippen molar-refractivity contribution in [2.24, 2.45) is 0 Å². The number of rotatable bonds is 8. The molecule has 1 atom stereocenters. The van der Waals surface area contributed by atoms with Gasteiger partial charge in [-0.15, -0.1) is 0 Å². The van der Waals surface area contributed by atoms with Crippen LogP contribution in [-0.4, -0.2) is 33.7 Å². The molecule has 144 valence electrons. The maximum absolute atomic E-state index is 12.9. The van der Waals surface area contributed by atoms with E-state index in [1.54, 1.807) is 19.1 Å². The maximum Gasteiger partial charge on any atom is 0.343 e. The van der Waals surface area contributed by atoms with Gasteiger partial charge in [0.1, 0.15) is 17.2 Å². The van der Waals surface area contributed by atoms with Crippen LogP contribution >= 0.6 is 11.8 Å². The van der Waals surface area contributed by atoms with Crippen LogP contribution in [0.25, 0.3) is 0 Å². The Balaban J connectivity index is 1.98. The molecule has 9 heteroatoms. The molecule has 0 aliphatic heterocycles. The number of carbonyl (C=O) groups is 2. The third-order valence-corrected chi connectivity index (χ3v) is 4.82. The molecule has 2 rings (SSSR count). The van der Waals surface area contributed by atoms with Crippen molar-refractivity contribution in [3.05, 3.63) is 47.4 Å². The fourth-order valence-electron chi connectivity index (χ4n) is 2.16. The van der Waals surface area contributed by atoms with Crippen LogP contribution in [-0.2, 0) is 16.1 Å². The van der Waals surface area contributed by atoms with Crippen molar-refractivity contribution in [1.82, 2.24) is 15.3 Å². The van der Waals surface area contributed by atoms with Crippen LogP contribution in [0, 0.1) is 5.82 Å². The molecule has 2 aromatic rings. The number of halogens is 1. The summed E-state index contributed by atoms with van der Waals surface area (Å²) in [7, 11) is 0. The summed E-state index contributed by atoms with van der Waals surface area (Å²) in [5, 5.41) is 2.67. The predicted molar refractivity (Wildman–Crippen MR) is 101 cm³/mol. The number of nitrogens with one attached hydrogen (secondary N) is 1. The first-order valence-corrected chi connectivity index (χ1v) is 9.31. The van der Waals surface area contributed by atoms with Gasteiger partial charge in [-0.2, -0.15) is 0 Å². The molecule has 0 bridgehead atoms. The summed E-state index contributed by atoms with van der Waals surface area (Å²) in [6, 6.07) is 5.91. The van der Waals surface area contributed by atoms with E-state index in [-0.39, 0.29) is 29.7 Å². The topological polar surface area (TPSA) is 107 Å². The first kappa shape index (κ1) is 20.6. The zero-order chi connectivity index (χ0) is 19.8. The number of nitrogen functional groups attached to an aromatic ring is 1. The van der Waals surface area contributed by atoms with Gasteiger partial charge >= 0.3 is 5.97 Å².